The number of carboxylic acid groups (broad SMARTS) is 1. The molecular weight excluding hydrogens is 452 g/mol. The van der Waals surface area contributed by atoms with E-state index >= 15 is 0 Å². The summed E-state index contributed by atoms with van der Waals surface area (Å²) in [5.41, 5.74) is 6.28. The first kappa shape index (κ1) is 23.5. The van der Waals surface area contributed by atoms with Gasteiger partial charge in [0, 0.05) is 0 Å². The van der Waals surface area contributed by atoms with Gasteiger partial charge in [0.1, 0.15) is 12.4 Å². The summed E-state index contributed by atoms with van der Waals surface area (Å²) in [5, 5.41) is 9.89. The van der Waals surface area contributed by atoms with Crippen molar-refractivity contribution in [1.82, 2.24) is 0 Å². The smallest absolute Gasteiger partial charge is 0.307 e. The number of aliphatic carboxylic acids is 1. The normalized spacial score (nSPS) is 13.7. The van der Waals surface area contributed by atoms with Crippen molar-refractivity contribution in [3.63, 3.8) is 0 Å². The minimum absolute atomic E-state index is 0.0698. The van der Waals surface area contributed by atoms with E-state index in [-0.39, 0.29) is 6.42 Å². The molecule has 0 fully saturated rings. The molecule has 0 saturated heterocycles. The molecule has 0 saturated carbocycles. The Morgan fingerprint density at radius 2 is 1.76 bits per heavy atom. The van der Waals surface area contributed by atoms with Gasteiger partial charge in [0.25, 0.3) is 0 Å². The monoisotopic (exact) mass is 476 g/mol. The second kappa shape index (κ2) is 10.1. The van der Waals surface area contributed by atoms with Crippen LogP contribution in [0.3, 0.4) is 0 Å². The second-order valence-electron chi connectivity index (χ2n) is 7.95. The first-order valence-corrected chi connectivity index (χ1v) is 11.2. The van der Waals surface area contributed by atoms with Crippen molar-refractivity contribution in [1.29, 1.82) is 0 Å². The molecule has 0 heterocycles. The van der Waals surface area contributed by atoms with E-state index < -0.39 is 5.97 Å². The number of benzene rings is 3. The Kier molecular flexibility index (Phi) is 6.94. The van der Waals surface area contributed by atoms with Crippen molar-refractivity contribution >= 4 is 34.8 Å². The van der Waals surface area contributed by atoms with Gasteiger partial charge in [-0.2, -0.15) is 0 Å². The molecule has 1 aliphatic carbocycles. The van der Waals surface area contributed by atoms with E-state index in [1.807, 2.05) is 73.7 Å². The number of hydrogen-bond acceptors (Lipinski definition) is 4. The Bertz CT molecular complexity index is 1290. The van der Waals surface area contributed by atoms with Crippen LogP contribution < -0.4 is 14.2 Å². The van der Waals surface area contributed by atoms with Gasteiger partial charge < -0.3 is 19.3 Å². The SMILES string of the molecule is COc1ccc2c(c1)C(CC(=O)O)=C(C)/C2=C/c1cc(Cl)c(OCc2ccccc2)c(OC)c1. The molecule has 0 radical (unpaired) electrons. The number of fused-ring (bicyclic) bond motifs is 1. The fraction of sp³-hybridized carbons (Fsp3) is 0.179. The van der Waals surface area contributed by atoms with Crippen LogP contribution >= 0.6 is 11.6 Å². The molecule has 1 N–H and O–H groups in total. The second-order valence-corrected chi connectivity index (χ2v) is 8.36. The van der Waals surface area contributed by atoms with Crippen LogP contribution in [0.25, 0.3) is 17.2 Å². The zero-order valence-corrected chi connectivity index (χ0v) is 20.0. The molecule has 3 aromatic carbocycles. The van der Waals surface area contributed by atoms with Crippen molar-refractivity contribution in [2.24, 2.45) is 0 Å². The zero-order chi connectivity index (χ0) is 24.2. The third-order valence-corrected chi connectivity index (χ3v) is 6.10. The molecule has 3 aromatic rings. The summed E-state index contributed by atoms with van der Waals surface area (Å²) in [6.07, 6.45) is 1.92. The maximum absolute atomic E-state index is 11.5. The number of methoxy groups -OCH3 is 2. The summed E-state index contributed by atoms with van der Waals surface area (Å²) in [5.74, 6) is 0.801. The van der Waals surface area contributed by atoms with Crippen molar-refractivity contribution in [3.8, 4) is 17.2 Å². The molecule has 0 aromatic heterocycles. The zero-order valence-electron chi connectivity index (χ0n) is 19.2. The molecule has 0 bridgehead atoms. The highest BCUT2D eigenvalue weighted by atomic mass is 35.5. The van der Waals surface area contributed by atoms with E-state index in [0.717, 1.165) is 39.0 Å². The van der Waals surface area contributed by atoms with Gasteiger partial charge >= 0.3 is 5.97 Å². The van der Waals surface area contributed by atoms with Gasteiger partial charge in [0.05, 0.1) is 25.7 Å². The average Bonchev–Trinajstić information content (AvgIpc) is 3.08. The minimum atomic E-state index is -0.881. The van der Waals surface area contributed by atoms with Gasteiger partial charge in [0.2, 0.25) is 0 Å². The molecule has 6 heteroatoms. The van der Waals surface area contributed by atoms with Crippen molar-refractivity contribution in [2.45, 2.75) is 20.0 Å². The third kappa shape index (κ3) is 4.80. The van der Waals surface area contributed by atoms with Crippen LogP contribution in [-0.2, 0) is 11.4 Å². The summed E-state index contributed by atoms with van der Waals surface area (Å²) in [7, 11) is 3.17. The number of ether oxygens (including phenoxy) is 3. The predicted molar refractivity (Wildman–Crippen MR) is 134 cm³/mol. The van der Waals surface area contributed by atoms with Crippen LogP contribution in [0.15, 0.2) is 66.2 Å². The van der Waals surface area contributed by atoms with Crippen LogP contribution in [0.5, 0.6) is 17.2 Å². The van der Waals surface area contributed by atoms with E-state index in [1.165, 1.54) is 0 Å². The fourth-order valence-corrected chi connectivity index (χ4v) is 4.40. The third-order valence-electron chi connectivity index (χ3n) is 5.82. The predicted octanol–water partition coefficient (Wildman–Crippen LogP) is 6.74. The lowest BCUT2D eigenvalue weighted by Crippen LogP contribution is -1.99. The molecule has 1 aliphatic rings. The molecule has 4 rings (SSSR count). The molecule has 174 valence electrons. The number of rotatable bonds is 8. The first-order valence-electron chi connectivity index (χ1n) is 10.8. The molecule has 0 spiro atoms. The Morgan fingerprint density at radius 1 is 1.00 bits per heavy atom. The van der Waals surface area contributed by atoms with E-state index in [1.54, 1.807) is 14.2 Å². The van der Waals surface area contributed by atoms with Crippen LogP contribution in [0.4, 0.5) is 0 Å². The number of halogens is 1. The Morgan fingerprint density at radius 3 is 2.44 bits per heavy atom. The van der Waals surface area contributed by atoms with E-state index in [9.17, 15) is 9.90 Å². The van der Waals surface area contributed by atoms with Crippen LogP contribution in [0, 0.1) is 0 Å². The molecule has 0 amide bonds. The Balaban J connectivity index is 1.72. The molecular formula is C28H25ClO5. The van der Waals surface area contributed by atoms with Gasteiger partial charge in [0.15, 0.2) is 11.5 Å². The van der Waals surface area contributed by atoms with E-state index in [0.29, 0.717) is 28.9 Å². The lowest BCUT2D eigenvalue weighted by Gasteiger charge is -2.14. The maximum Gasteiger partial charge on any atom is 0.307 e. The van der Waals surface area contributed by atoms with Gasteiger partial charge in [-0.25, -0.2) is 0 Å². The summed E-state index contributed by atoms with van der Waals surface area (Å²) < 4.78 is 16.9. The van der Waals surface area contributed by atoms with Crippen LogP contribution in [0.2, 0.25) is 5.02 Å². The van der Waals surface area contributed by atoms with Crippen molar-refractivity contribution in [2.75, 3.05) is 14.2 Å². The van der Waals surface area contributed by atoms with E-state index in [4.69, 9.17) is 25.8 Å². The Hall–Kier alpha value is -3.70. The number of hydrogen-bond donors (Lipinski definition) is 1. The number of carbonyl (C=O) groups is 1. The van der Waals surface area contributed by atoms with Gasteiger partial charge in [-0.05, 0) is 76.2 Å². The van der Waals surface area contributed by atoms with Crippen LogP contribution in [0.1, 0.15) is 35.6 Å². The first-order chi connectivity index (χ1) is 16.4. The molecule has 0 unspecified atom stereocenters. The fourth-order valence-electron chi connectivity index (χ4n) is 4.13. The topological polar surface area (TPSA) is 65.0 Å². The highest BCUT2D eigenvalue weighted by molar-refractivity contribution is 6.32. The summed E-state index contributed by atoms with van der Waals surface area (Å²) in [6, 6.07) is 19.2. The largest absolute Gasteiger partial charge is 0.497 e. The van der Waals surface area contributed by atoms with Crippen LogP contribution in [-0.4, -0.2) is 25.3 Å². The standard InChI is InChI=1S/C28H25ClO5/c1-17-22(21-10-9-20(32-2)14-24(21)23(17)15-27(30)31)11-19-12-25(29)28(26(13-19)33-3)34-16-18-7-5-4-6-8-18/h4-14H,15-16H2,1-3H3,(H,30,31)/b22-11-. The van der Waals surface area contributed by atoms with Gasteiger partial charge in [-0.1, -0.05) is 48.0 Å². The summed E-state index contributed by atoms with van der Waals surface area (Å²) >= 11 is 6.60. The quantitative estimate of drug-likeness (QED) is 0.390. The van der Waals surface area contributed by atoms with E-state index in [2.05, 4.69) is 0 Å². The highest BCUT2D eigenvalue weighted by Gasteiger charge is 2.26. The van der Waals surface area contributed by atoms with Gasteiger partial charge in [-0.3, -0.25) is 4.79 Å². The summed E-state index contributed by atoms with van der Waals surface area (Å²) in [6.45, 7) is 2.31. The summed E-state index contributed by atoms with van der Waals surface area (Å²) in [4.78, 5) is 11.5. The van der Waals surface area contributed by atoms with Gasteiger partial charge in [-0.15, -0.1) is 0 Å². The number of carboxylic acids is 1. The molecule has 34 heavy (non-hydrogen) atoms. The lowest BCUT2D eigenvalue weighted by molar-refractivity contribution is -0.135. The molecule has 5 nitrogen and oxygen atoms in total. The molecule has 0 aliphatic heterocycles. The molecule has 0 atom stereocenters. The number of allylic oxidation sites excluding steroid dienone is 2. The lowest BCUT2D eigenvalue weighted by atomic mass is 10.00. The van der Waals surface area contributed by atoms with Crippen molar-refractivity contribution < 1.29 is 24.1 Å². The Labute approximate surface area is 203 Å². The minimum Gasteiger partial charge on any atom is -0.497 e. The average molecular weight is 477 g/mol. The highest BCUT2D eigenvalue weighted by Crippen LogP contribution is 2.46. The van der Waals surface area contributed by atoms with Crippen molar-refractivity contribution in [3.05, 3.63) is 93.5 Å². The maximum atomic E-state index is 11.5.